The van der Waals surface area contributed by atoms with Crippen LogP contribution in [0.25, 0.3) is 0 Å². The Morgan fingerprint density at radius 3 is 2.62 bits per heavy atom. The second kappa shape index (κ2) is 5.52. The van der Waals surface area contributed by atoms with Gasteiger partial charge in [-0.1, -0.05) is 11.6 Å². The average molecular weight is 360 g/mol. The Labute approximate surface area is 141 Å². The smallest absolute Gasteiger partial charge is 0.417 e. The second-order valence-electron chi connectivity index (χ2n) is 6.29. The molecule has 9 heteroatoms. The van der Waals surface area contributed by atoms with Crippen molar-refractivity contribution in [3.63, 3.8) is 0 Å². The van der Waals surface area contributed by atoms with E-state index in [9.17, 15) is 18.0 Å². The number of esters is 1. The average Bonchev–Trinajstić information content (AvgIpc) is 2.42. The Bertz CT molecular complexity index is 731. The molecule has 1 aliphatic carbocycles. The molecule has 1 aliphatic heterocycles. The molecule has 0 atom stereocenters. The van der Waals surface area contributed by atoms with E-state index in [0.717, 1.165) is 6.07 Å². The Kier molecular flexibility index (Phi) is 3.87. The van der Waals surface area contributed by atoms with Gasteiger partial charge in [-0.15, -0.1) is 0 Å². The predicted octanol–water partition coefficient (Wildman–Crippen LogP) is 3.01. The van der Waals surface area contributed by atoms with Crippen LogP contribution < -0.4 is 4.90 Å². The fraction of sp³-hybridized carbons (Fsp3) is 0.533. The van der Waals surface area contributed by atoms with E-state index in [4.69, 9.17) is 16.9 Å². The van der Waals surface area contributed by atoms with E-state index in [0.29, 0.717) is 25.9 Å². The predicted molar refractivity (Wildman–Crippen MR) is 78.4 cm³/mol. The standard InChI is InChI=1S/C15H13ClF3N3O2/c1-24-13(23)8-3-14(4-8)6-22(7-14)11-2-10(15(17,18)19)9(5-20)12(16)21-11/h2,8H,3-4,6-7H2,1H3. The summed E-state index contributed by atoms with van der Waals surface area (Å²) in [6, 6.07) is 2.31. The number of aromatic nitrogens is 1. The van der Waals surface area contributed by atoms with Gasteiger partial charge >= 0.3 is 12.1 Å². The first-order valence-corrected chi connectivity index (χ1v) is 7.57. The molecular formula is C15H13ClF3N3O2. The van der Waals surface area contributed by atoms with Crippen molar-refractivity contribution in [2.45, 2.75) is 19.0 Å². The third-order valence-electron chi connectivity index (χ3n) is 4.65. The first kappa shape index (κ1) is 16.8. The van der Waals surface area contributed by atoms with Gasteiger partial charge in [0.25, 0.3) is 0 Å². The molecule has 1 saturated heterocycles. The highest BCUT2D eigenvalue weighted by molar-refractivity contribution is 6.30. The van der Waals surface area contributed by atoms with Gasteiger partial charge in [0.1, 0.15) is 22.6 Å². The van der Waals surface area contributed by atoms with E-state index in [2.05, 4.69) is 9.72 Å². The van der Waals surface area contributed by atoms with Crippen molar-refractivity contribution in [2.24, 2.45) is 11.3 Å². The number of ether oxygens (including phenoxy) is 1. The molecule has 0 bridgehead atoms. The van der Waals surface area contributed by atoms with Crippen molar-refractivity contribution >= 4 is 23.4 Å². The van der Waals surface area contributed by atoms with Crippen molar-refractivity contribution in [2.75, 3.05) is 25.1 Å². The van der Waals surface area contributed by atoms with Gasteiger partial charge in [-0.3, -0.25) is 4.79 Å². The molecule has 2 aliphatic rings. The lowest BCUT2D eigenvalue weighted by molar-refractivity contribution is -0.155. The monoisotopic (exact) mass is 359 g/mol. The van der Waals surface area contributed by atoms with Crippen LogP contribution in [0.1, 0.15) is 24.0 Å². The van der Waals surface area contributed by atoms with Crippen LogP contribution in [0.3, 0.4) is 0 Å². The summed E-state index contributed by atoms with van der Waals surface area (Å²) in [5.41, 5.74) is -1.82. The largest absolute Gasteiger partial charge is 0.469 e. The Morgan fingerprint density at radius 1 is 1.50 bits per heavy atom. The number of carbonyl (C=O) groups excluding carboxylic acids is 1. The number of rotatable bonds is 2. The highest BCUT2D eigenvalue weighted by Crippen LogP contribution is 2.53. The number of anilines is 1. The third-order valence-corrected chi connectivity index (χ3v) is 4.92. The van der Waals surface area contributed by atoms with Crippen LogP contribution in [0.15, 0.2) is 6.07 Å². The molecular weight excluding hydrogens is 347 g/mol. The highest BCUT2D eigenvalue weighted by atomic mass is 35.5. The summed E-state index contributed by atoms with van der Waals surface area (Å²) in [6.07, 6.45) is -3.36. The first-order chi connectivity index (χ1) is 11.2. The van der Waals surface area contributed by atoms with E-state index in [1.54, 1.807) is 4.90 Å². The number of nitriles is 1. The van der Waals surface area contributed by atoms with Crippen molar-refractivity contribution in [1.82, 2.24) is 4.98 Å². The molecule has 1 saturated carbocycles. The van der Waals surface area contributed by atoms with Crippen LogP contribution in [0.5, 0.6) is 0 Å². The SMILES string of the molecule is COC(=O)C1CC2(C1)CN(c1cc(C(F)(F)F)c(C#N)c(Cl)n1)C2. The number of methoxy groups -OCH3 is 1. The zero-order valence-corrected chi connectivity index (χ0v) is 13.4. The van der Waals surface area contributed by atoms with Gasteiger partial charge in [0.05, 0.1) is 18.6 Å². The Morgan fingerprint density at radius 2 is 2.12 bits per heavy atom. The molecule has 0 amide bonds. The molecule has 1 spiro atoms. The fourth-order valence-electron chi connectivity index (χ4n) is 3.50. The molecule has 1 aromatic heterocycles. The van der Waals surface area contributed by atoms with E-state index >= 15 is 0 Å². The molecule has 24 heavy (non-hydrogen) atoms. The molecule has 0 unspecified atom stereocenters. The topological polar surface area (TPSA) is 66.2 Å². The van der Waals surface area contributed by atoms with Crippen LogP contribution in [-0.4, -0.2) is 31.2 Å². The van der Waals surface area contributed by atoms with Crippen LogP contribution in [0.2, 0.25) is 5.15 Å². The summed E-state index contributed by atoms with van der Waals surface area (Å²) in [7, 11) is 1.34. The molecule has 3 rings (SSSR count). The van der Waals surface area contributed by atoms with Gasteiger partial charge in [0.2, 0.25) is 0 Å². The first-order valence-electron chi connectivity index (χ1n) is 7.20. The van der Waals surface area contributed by atoms with E-state index in [1.807, 2.05) is 0 Å². The molecule has 0 radical (unpaired) electrons. The van der Waals surface area contributed by atoms with Crippen molar-refractivity contribution in [1.29, 1.82) is 5.26 Å². The van der Waals surface area contributed by atoms with Gasteiger partial charge in [-0.05, 0) is 18.9 Å². The summed E-state index contributed by atoms with van der Waals surface area (Å²) in [5.74, 6) is -0.295. The van der Waals surface area contributed by atoms with E-state index in [1.165, 1.54) is 13.2 Å². The maximum absolute atomic E-state index is 13.1. The van der Waals surface area contributed by atoms with Crippen molar-refractivity contribution in [3.05, 3.63) is 22.3 Å². The third kappa shape index (κ3) is 2.67. The number of nitrogens with zero attached hydrogens (tertiary/aromatic N) is 3. The Balaban J connectivity index is 1.76. The lowest BCUT2D eigenvalue weighted by atomic mass is 9.57. The van der Waals surface area contributed by atoms with Gasteiger partial charge in [-0.2, -0.15) is 18.4 Å². The second-order valence-corrected chi connectivity index (χ2v) is 6.65. The van der Waals surface area contributed by atoms with Gasteiger partial charge < -0.3 is 9.64 Å². The van der Waals surface area contributed by atoms with Crippen LogP contribution in [-0.2, 0) is 15.7 Å². The molecule has 0 N–H and O–H groups in total. The van der Waals surface area contributed by atoms with Crippen LogP contribution >= 0.6 is 11.6 Å². The normalized spacial score (nSPS) is 19.4. The summed E-state index contributed by atoms with van der Waals surface area (Å²) in [4.78, 5) is 17.0. The summed E-state index contributed by atoms with van der Waals surface area (Å²) in [6.45, 7) is 1.01. The van der Waals surface area contributed by atoms with Crippen LogP contribution in [0.4, 0.5) is 19.0 Å². The Hall–Kier alpha value is -2.01. The van der Waals surface area contributed by atoms with Crippen molar-refractivity contribution in [3.8, 4) is 6.07 Å². The molecule has 128 valence electrons. The lowest BCUT2D eigenvalue weighted by Gasteiger charge is -2.58. The van der Waals surface area contributed by atoms with E-state index in [-0.39, 0.29) is 23.1 Å². The molecule has 5 nitrogen and oxygen atoms in total. The van der Waals surface area contributed by atoms with Gasteiger partial charge in [-0.25, -0.2) is 4.98 Å². The van der Waals surface area contributed by atoms with Crippen LogP contribution in [0, 0.1) is 22.7 Å². The molecule has 0 aromatic carbocycles. The number of alkyl halides is 3. The lowest BCUT2D eigenvalue weighted by Crippen LogP contribution is -2.63. The van der Waals surface area contributed by atoms with Crippen molar-refractivity contribution < 1.29 is 22.7 Å². The number of hydrogen-bond acceptors (Lipinski definition) is 5. The quantitative estimate of drug-likeness (QED) is 0.600. The number of halogens is 4. The summed E-state index contributed by atoms with van der Waals surface area (Å²) in [5, 5.41) is 8.41. The maximum atomic E-state index is 13.1. The fourth-order valence-corrected chi connectivity index (χ4v) is 3.73. The zero-order chi connectivity index (χ0) is 17.7. The highest BCUT2D eigenvalue weighted by Gasteiger charge is 2.55. The minimum absolute atomic E-state index is 0.0701. The number of hydrogen-bond donors (Lipinski definition) is 0. The number of pyridine rings is 1. The molecule has 1 aromatic rings. The zero-order valence-electron chi connectivity index (χ0n) is 12.7. The minimum Gasteiger partial charge on any atom is -0.469 e. The summed E-state index contributed by atoms with van der Waals surface area (Å²) < 4.78 is 43.9. The molecule has 2 heterocycles. The number of carbonyl (C=O) groups is 1. The van der Waals surface area contributed by atoms with Gasteiger partial charge in [0, 0.05) is 18.5 Å². The minimum atomic E-state index is -4.68. The van der Waals surface area contributed by atoms with Gasteiger partial charge in [0.15, 0.2) is 0 Å². The van der Waals surface area contributed by atoms with E-state index < -0.39 is 22.5 Å². The summed E-state index contributed by atoms with van der Waals surface area (Å²) >= 11 is 5.75. The molecule has 2 fully saturated rings. The maximum Gasteiger partial charge on any atom is 0.417 e.